The lowest BCUT2D eigenvalue weighted by Crippen LogP contribution is -2.56. The van der Waals surface area contributed by atoms with Crippen molar-refractivity contribution in [1.29, 1.82) is 0 Å². The molecular weight excluding hydrogens is 440 g/mol. The van der Waals surface area contributed by atoms with Gasteiger partial charge in [-0.15, -0.1) is 0 Å². The zero-order valence-corrected chi connectivity index (χ0v) is 22.1. The number of nitrogens with zero attached hydrogens (tertiary/aromatic N) is 2. The molecule has 0 N–H and O–H groups in total. The Labute approximate surface area is 210 Å². The number of hydrogen-bond acceptors (Lipinski definition) is 5. The summed E-state index contributed by atoms with van der Waals surface area (Å²) in [5.74, 6) is 1.85. The quantitative estimate of drug-likeness (QED) is 0.371. The smallest absolute Gasteiger partial charge is 0.302 e. The van der Waals surface area contributed by atoms with Gasteiger partial charge in [0.1, 0.15) is 12.4 Å². The largest absolute Gasteiger partial charge is 0.462 e. The van der Waals surface area contributed by atoms with Gasteiger partial charge >= 0.3 is 5.97 Å². The number of rotatable bonds is 6. The Bertz CT molecular complexity index is 916. The number of ether oxygens (including phenoxy) is 2. The average molecular weight is 485 g/mol. The minimum Gasteiger partial charge on any atom is -0.462 e. The maximum atomic E-state index is 13.6. The molecule has 0 spiro atoms. The van der Waals surface area contributed by atoms with Gasteiger partial charge in [0.2, 0.25) is 5.91 Å². The Morgan fingerprint density at radius 3 is 2.60 bits per heavy atom. The third-order valence-corrected chi connectivity index (χ3v) is 10.8. The van der Waals surface area contributed by atoms with E-state index in [2.05, 4.69) is 25.8 Å². The molecule has 0 aromatic carbocycles. The molecule has 6 heteroatoms. The van der Waals surface area contributed by atoms with E-state index in [1.165, 1.54) is 45.4 Å². The van der Waals surface area contributed by atoms with Gasteiger partial charge in [0.05, 0.1) is 6.10 Å². The van der Waals surface area contributed by atoms with Gasteiger partial charge in [0, 0.05) is 37.8 Å². The van der Waals surface area contributed by atoms with Crippen LogP contribution in [0, 0.1) is 40.4 Å². The first-order valence-electron chi connectivity index (χ1n) is 14.1. The van der Waals surface area contributed by atoms with Crippen LogP contribution >= 0.6 is 0 Å². The highest BCUT2D eigenvalue weighted by molar-refractivity contribution is 5.82. The molecule has 0 bridgehead atoms. The highest BCUT2D eigenvalue weighted by Crippen LogP contribution is 2.68. The van der Waals surface area contributed by atoms with Crippen LogP contribution in [-0.4, -0.2) is 40.2 Å². The van der Waals surface area contributed by atoms with Gasteiger partial charge in [0.15, 0.2) is 0 Å². The van der Waals surface area contributed by atoms with Gasteiger partial charge in [-0.3, -0.25) is 14.2 Å². The molecule has 6 nitrogen and oxygen atoms in total. The van der Waals surface area contributed by atoms with E-state index >= 15 is 0 Å². The van der Waals surface area contributed by atoms with Crippen LogP contribution in [0.1, 0.15) is 96.7 Å². The summed E-state index contributed by atoms with van der Waals surface area (Å²) in [6, 6.07) is 0. The lowest BCUT2D eigenvalue weighted by molar-refractivity contribution is -0.165. The number of esters is 1. The van der Waals surface area contributed by atoms with E-state index < -0.39 is 0 Å². The van der Waals surface area contributed by atoms with E-state index in [9.17, 15) is 9.59 Å². The first-order chi connectivity index (χ1) is 16.8. The zero-order chi connectivity index (χ0) is 24.8. The average Bonchev–Trinajstić information content (AvgIpc) is 3.45. The Hall–Kier alpha value is -1.69. The molecule has 1 heterocycles. The van der Waals surface area contributed by atoms with E-state index in [0.717, 1.165) is 25.9 Å². The lowest BCUT2D eigenvalue weighted by Gasteiger charge is -2.61. The second-order valence-corrected chi connectivity index (χ2v) is 12.5. The van der Waals surface area contributed by atoms with Crippen molar-refractivity contribution in [3.8, 4) is 0 Å². The zero-order valence-electron chi connectivity index (χ0n) is 22.1. The molecule has 4 aliphatic carbocycles. The first kappa shape index (κ1) is 25.0. The maximum Gasteiger partial charge on any atom is 0.302 e. The fourth-order valence-electron chi connectivity index (χ4n) is 9.08. The Balaban J connectivity index is 1.39. The molecule has 9 atom stereocenters. The monoisotopic (exact) mass is 484 g/mol. The summed E-state index contributed by atoms with van der Waals surface area (Å²) in [5.41, 5.74) is 0.175. The van der Waals surface area contributed by atoms with E-state index in [4.69, 9.17) is 9.47 Å². The van der Waals surface area contributed by atoms with Gasteiger partial charge in [0.25, 0.3) is 0 Å². The van der Waals surface area contributed by atoms with Crippen LogP contribution in [-0.2, 0) is 14.3 Å². The van der Waals surface area contributed by atoms with Crippen LogP contribution in [0.4, 0.5) is 0 Å². The maximum absolute atomic E-state index is 13.6. The van der Waals surface area contributed by atoms with Crippen LogP contribution in [0.3, 0.4) is 0 Å². The Morgan fingerprint density at radius 1 is 1.09 bits per heavy atom. The van der Waals surface area contributed by atoms with Crippen LogP contribution in [0.25, 0.3) is 0 Å². The molecular formula is C29H44N2O4. The van der Waals surface area contributed by atoms with Crippen molar-refractivity contribution in [1.82, 2.24) is 9.55 Å². The summed E-state index contributed by atoms with van der Waals surface area (Å²) in [7, 11) is 0. The topological polar surface area (TPSA) is 70.4 Å². The fraction of sp³-hybridized carbons (Fsp3) is 0.828. The summed E-state index contributed by atoms with van der Waals surface area (Å²) in [5, 5.41) is 0. The van der Waals surface area contributed by atoms with E-state index in [0.29, 0.717) is 35.7 Å². The minimum absolute atomic E-state index is 0.104. The molecule has 4 aliphatic rings. The SMILES string of the molecule is CCCCO[C@H]1CC[C@@]2(C)C(CC[C@H]3C4[C@H](OC(C)=O)CC(C(=O)n5ccnc5)[C@@]4(C)CC[C@@H]32)C1. The highest BCUT2D eigenvalue weighted by atomic mass is 16.5. The fourth-order valence-corrected chi connectivity index (χ4v) is 9.08. The Kier molecular flexibility index (Phi) is 6.88. The minimum atomic E-state index is -0.222. The van der Waals surface area contributed by atoms with E-state index in [-0.39, 0.29) is 35.2 Å². The first-order valence-corrected chi connectivity index (χ1v) is 14.1. The second-order valence-electron chi connectivity index (χ2n) is 12.5. The van der Waals surface area contributed by atoms with Crippen molar-refractivity contribution in [2.45, 2.75) is 104 Å². The molecule has 1 aromatic heterocycles. The number of aromatic nitrogens is 2. The van der Waals surface area contributed by atoms with Crippen LogP contribution in [0.2, 0.25) is 0 Å². The number of imidazole rings is 1. The van der Waals surface area contributed by atoms with Crippen LogP contribution in [0.15, 0.2) is 18.7 Å². The summed E-state index contributed by atoms with van der Waals surface area (Å²) in [6.45, 7) is 9.49. The summed E-state index contributed by atoms with van der Waals surface area (Å²) >= 11 is 0. The molecule has 3 unspecified atom stereocenters. The van der Waals surface area contributed by atoms with Gasteiger partial charge in [-0.25, -0.2) is 4.98 Å². The molecule has 0 saturated heterocycles. The number of carbonyl (C=O) groups excluding carboxylic acids is 2. The standard InChI is InChI=1S/C29H44N2O4/c1-5-6-15-34-21-9-11-28(3)20(16-21)7-8-22-23(28)10-12-29(4)24(27(33)31-14-13-30-18-31)17-25(26(22)29)35-19(2)32/h13-14,18,20-26H,5-12,15-17H2,1-4H3/t20?,21-,22+,23-,24?,25+,26?,28-,29+/m0/s1. The molecule has 5 rings (SSSR count). The summed E-state index contributed by atoms with van der Waals surface area (Å²) < 4.78 is 13.9. The van der Waals surface area contributed by atoms with Crippen molar-refractivity contribution in [3.63, 3.8) is 0 Å². The molecule has 4 fully saturated rings. The molecule has 1 aromatic rings. The third-order valence-electron chi connectivity index (χ3n) is 10.8. The van der Waals surface area contributed by atoms with E-state index in [1.54, 1.807) is 23.3 Å². The number of carbonyl (C=O) groups is 2. The molecule has 0 amide bonds. The van der Waals surface area contributed by atoms with Crippen LogP contribution in [0.5, 0.6) is 0 Å². The summed E-state index contributed by atoms with van der Waals surface area (Å²) in [6.07, 6.45) is 16.4. The molecule has 194 valence electrons. The van der Waals surface area contributed by atoms with Gasteiger partial charge < -0.3 is 9.47 Å². The van der Waals surface area contributed by atoms with E-state index in [1.807, 2.05) is 0 Å². The number of hydrogen-bond donors (Lipinski definition) is 0. The molecule has 0 radical (unpaired) electrons. The highest BCUT2D eigenvalue weighted by Gasteiger charge is 2.65. The van der Waals surface area contributed by atoms with Crippen molar-refractivity contribution in [2.24, 2.45) is 40.4 Å². The molecule has 35 heavy (non-hydrogen) atoms. The van der Waals surface area contributed by atoms with Crippen molar-refractivity contribution < 1.29 is 19.1 Å². The third kappa shape index (κ3) is 4.28. The van der Waals surface area contributed by atoms with Crippen LogP contribution < -0.4 is 0 Å². The van der Waals surface area contributed by atoms with Crippen molar-refractivity contribution >= 4 is 11.9 Å². The predicted octanol–water partition coefficient (Wildman–Crippen LogP) is 5.91. The second kappa shape index (κ2) is 9.64. The van der Waals surface area contributed by atoms with Crippen molar-refractivity contribution in [3.05, 3.63) is 18.7 Å². The summed E-state index contributed by atoms with van der Waals surface area (Å²) in [4.78, 5) is 29.8. The number of fused-ring (bicyclic) bond motifs is 5. The Morgan fingerprint density at radius 2 is 1.89 bits per heavy atom. The number of unbranched alkanes of at least 4 members (excludes halogenated alkanes) is 1. The van der Waals surface area contributed by atoms with Gasteiger partial charge in [-0.2, -0.15) is 0 Å². The normalized spacial score (nSPS) is 42.6. The lowest BCUT2D eigenvalue weighted by atomic mass is 9.44. The predicted molar refractivity (Wildman–Crippen MR) is 134 cm³/mol. The van der Waals surface area contributed by atoms with Gasteiger partial charge in [-0.05, 0) is 86.4 Å². The molecule has 4 saturated carbocycles. The van der Waals surface area contributed by atoms with Gasteiger partial charge in [-0.1, -0.05) is 27.2 Å². The molecule has 0 aliphatic heterocycles. The van der Waals surface area contributed by atoms with Crippen molar-refractivity contribution in [2.75, 3.05) is 6.61 Å².